The Morgan fingerprint density at radius 3 is 2.83 bits per heavy atom. The largest absolute Gasteiger partial charge is 0.310 e. The van der Waals surface area contributed by atoms with E-state index in [4.69, 9.17) is 0 Å². The lowest BCUT2D eigenvalue weighted by Gasteiger charge is -2.16. The number of hydrogen-bond acceptors (Lipinski definition) is 3. The van der Waals surface area contributed by atoms with Gasteiger partial charge in [-0.2, -0.15) is 4.99 Å². The van der Waals surface area contributed by atoms with E-state index < -0.39 is 6.04 Å². The zero-order valence-electron chi connectivity index (χ0n) is 10.4. The molecule has 0 saturated heterocycles. The number of amides is 1. The topological polar surface area (TPSA) is 49.7 Å². The minimum atomic E-state index is -0.694. The Labute approximate surface area is 106 Å². The van der Waals surface area contributed by atoms with E-state index >= 15 is 0 Å². The average Bonchev–Trinajstić information content (AvgIpc) is 2.65. The van der Waals surface area contributed by atoms with E-state index in [1.54, 1.807) is 4.90 Å². The first-order valence-corrected chi connectivity index (χ1v) is 6.27. The first kappa shape index (κ1) is 12.5. The summed E-state index contributed by atoms with van der Waals surface area (Å²) in [5, 5.41) is 0. The lowest BCUT2D eigenvalue weighted by Crippen LogP contribution is -2.29. The SMILES string of the molecule is CCCCCN1C(=O)C(N=C=O)c2ccccc21. The van der Waals surface area contributed by atoms with Gasteiger partial charge in [0.1, 0.15) is 0 Å². The fourth-order valence-corrected chi connectivity index (χ4v) is 2.29. The van der Waals surface area contributed by atoms with Gasteiger partial charge < -0.3 is 4.90 Å². The predicted molar refractivity (Wildman–Crippen MR) is 69.2 cm³/mol. The second-order valence-electron chi connectivity index (χ2n) is 4.38. The molecule has 4 heteroatoms. The number of hydrogen-bond donors (Lipinski definition) is 0. The molecular weight excluding hydrogens is 228 g/mol. The molecule has 1 aliphatic heterocycles. The lowest BCUT2D eigenvalue weighted by molar-refractivity contribution is -0.119. The molecule has 94 valence electrons. The van der Waals surface area contributed by atoms with Gasteiger partial charge in [0.15, 0.2) is 6.04 Å². The fourth-order valence-electron chi connectivity index (χ4n) is 2.29. The normalized spacial score (nSPS) is 17.5. The summed E-state index contributed by atoms with van der Waals surface area (Å²) in [7, 11) is 0. The monoisotopic (exact) mass is 244 g/mol. The van der Waals surface area contributed by atoms with Crippen LogP contribution in [-0.2, 0) is 9.59 Å². The van der Waals surface area contributed by atoms with Crippen molar-refractivity contribution in [2.45, 2.75) is 32.2 Å². The van der Waals surface area contributed by atoms with Gasteiger partial charge in [-0.05, 0) is 12.5 Å². The molecule has 0 radical (unpaired) electrons. The van der Waals surface area contributed by atoms with Crippen molar-refractivity contribution in [1.29, 1.82) is 0 Å². The lowest BCUT2D eigenvalue weighted by atomic mass is 10.1. The minimum absolute atomic E-state index is 0.115. The van der Waals surface area contributed by atoms with Crippen LogP contribution in [0, 0.1) is 0 Å². The van der Waals surface area contributed by atoms with Crippen LogP contribution in [0.25, 0.3) is 0 Å². The summed E-state index contributed by atoms with van der Waals surface area (Å²) in [5.74, 6) is -0.115. The number of carbonyl (C=O) groups excluding carboxylic acids is 2. The molecular formula is C14H16N2O2. The molecule has 0 saturated carbocycles. The van der Waals surface area contributed by atoms with Crippen molar-refractivity contribution < 1.29 is 9.59 Å². The summed E-state index contributed by atoms with van der Waals surface area (Å²) in [4.78, 5) is 28.0. The molecule has 0 aliphatic carbocycles. The number of carbonyl (C=O) groups is 1. The summed E-state index contributed by atoms with van der Waals surface area (Å²) >= 11 is 0. The number of benzene rings is 1. The number of nitrogens with zero attached hydrogens (tertiary/aromatic N) is 2. The highest BCUT2D eigenvalue weighted by Gasteiger charge is 2.36. The van der Waals surface area contributed by atoms with Crippen LogP contribution < -0.4 is 4.90 Å². The molecule has 1 amide bonds. The van der Waals surface area contributed by atoms with Crippen LogP contribution in [0.4, 0.5) is 5.69 Å². The third-order valence-electron chi connectivity index (χ3n) is 3.19. The number of para-hydroxylation sites is 1. The number of unbranched alkanes of at least 4 members (excludes halogenated alkanes) is 2. The minimum Gasteiger partial charge on any atom is -0.310 e. The molecule has 1 atom stereocenters. The maximum absolute atomic E-state index is 12.2. The van der Waals surface area contributed by atoms with Crippen LogP contribution >= 0.6 is 0 Å². The Kier molecular flexibility index (Phi) is 3.90. The van der Waals surface area contributed by atoms with Crippen LogP contribution in [0.3, 0.4) is 0 Å². The fraction of sp³-hybridized carbons (Fsp3) is 0.429. The van der Waals surface area contributed by atoms with Gasteiger partial charge in [-0.15, -0.1) is 0 Å². The first-order valence-electron chi connectivity index (χ1n) is 6.27. The van der Waals surface area contributed by atoms with E-state index in [0.29, 0.717) is 6.54 Å². The van der Waals surface area contributed by atoms with Crippen LogP contribution in [0.15, 0.2) is 29.3 Å². The molecule has 1 aliphatic rings. The quantitative estimate of drug-likeness (QED) is 0.454. The molecule has 4 nitrogen and oxygen atoms in total. The highest BCUT2D eigenvalue weighted by Crippen LogP contribution is 2.37. The standard InChI is InChI=1S/C14H16N2O2/c1-2-3-6-9-16-12-8-5-4-7-11(12)13(14(16)18)15-10-17/h4-5,7-8,13H,2-3,6,9H2,1H3. The molecule has 1 aromatic rings. The van der Waals surface area contributed by atoms with Crippen molar-refractivity contribution in [3.63, 3.8) is 0 Å². The zero-order valence-corrected chi connectivity index (χ0v) is 10.4. The van der Waals surface area contributed by atoms with Crippen molar-refractivity contribution in [2.75, 3.05) is 11.4 Å². The Morgan fingerprint density at radius 2 is 2.11 bits per heavy atom. The number of anilines is 1. The Morgan fingerprint density at radius 1 is 1.33 bits per heavy atom. The van der Waals surface area contributed by atoms with Gasteiger partial charge in [-0.3, -0.25) is 4.79 Å². The summed E-state index contributed by atoms with van der Waals surface area (Å²) in [6.45, 7) is 2.81. The van der Waals surface area contributed by atoms with Crippen LogP contribution in [0.1, 0.15) is 37.8 Å². The van der Waals surface area contributed by atoms with Crippen molar-refractivity contribution in [3.05, 3.63) is 29.8 Å². The molecule has 0 N–H and O–H groups in total. The van der Waals surface area contributed by atoms with Gasteiger partial charge in [0.25, 0.3) is 5.91 Å². The highest BCUT2D eigenvalue weighted by atomic mass is 16.2. The number of aliphatic imine (C=N–C) groups is 1. The number of rotatable bonds is 5. The van der Waals surface area contributed by atoms with Crippen molar-refractivity contribution >= 4 is 17.7 Å². The van der Waals surface area contributed by atoms with Gasteiger partial charge in [-0.1, -0.05) is 38.0 Å². The third-order valence-corrected chi connectivity index (χ3v) is 3.19. The maximum Gasteiger partial charge on any atom is 0.257 e. The van der Waals surface area contributed by atoms with Gasteiger partial charge in [0.2, 0.25) is 6.08 Å². The Hall–Kier alpha value is -1.93. The summed E-state index contributed by atoms with van der Waals surface area (Å²) < 4.78 is 0. The molecule has 1 aromatic carbocycles. The van der Waals surface area contributed by atoms with E-state index in [0.717, 1.165) is 30.5 Å². The Bertz CT molecular complexity index is 492. The molecule has 0 fully saturated rings. The van der Waals surface area contributed by atoms with Gasteiger partial charge in [0, 0.05) is 17.8 Å². The second kappa shape index (κ2) is 5.61. The van der Waals surface area contributed by atoms with E-state index in [-0.39, 0.29) is 5.91 Å². The molecule has 0 bridgehead atoms. The average molecular weight is 244 g/mol. The molecule has 0 spiro atoms. The highest BCUT2D eigenvalue weighted by molar-refractivity contribution is 6.05. The van der Waals surface area contributed by atoms with E-state index in [9.17, 15) is 9.59 Å². The summed E-state index contributed by atoms with van der Waals surface area (Å²) in [6, 6.07) is 6.80. The molecule has 18 heavy (non-hydrogen) atoms. The zero-order chi connectivity index (χ0) is 13.0. The maximum atomic E-state index is 12.2. The summed E-state index contributed by atoms with van der Waals surface area (Å²) in [5.41, 5.74) is 1.69. The summed E-state index contributed by atoms with van der Waals surface area (Å²) in [6.07, 6.45) is 4.66. The van der Waals surface area contributed by atoms with Crippen molar-refractivity contribution in [1.82, 2.24) is 0 Å². The van der Waals surface area contributed by atoms with Crippen LogP contribution in [0.2, 0.25) is 0 Å². The smallest absolute Gasteiger partial charge is 0.257 e. The first-order chi connectivity index (χ1) is 8.79. The van der Waals surface area contributed by atoms with Gasteiger partial charge >= 0.3 is 0 Å². The molecule has 2 rings (SSSR count). The van der Waals surface area contributed by atoms with Crippen molar-refractivity contribution in [3.8, 4) is 0 Å². The van der Waals surface area contributed by atoms with Gasteiger partial charge in [-0.25, -0.2) is 4.79 Å². The predicted octanol–water partition coefficient (Wildman–Crippen LogP) is 2.60. The second-order valence-corrected chi connectivity index (χ2v) is 4.38. The molecule has 1 heterocycles. The van der Waals surface area contributed by atoms with Crippen molar-refractivity contribution in [2.24, 2.45) is 4.99 Å². The molecule has 1 unspecified atom stereocenters. The number of isocyanates is 1. The van der Waals surface area contributed by atoms with Gasteiger partial charge in [0.05, 0.1) is 0 Å². The number of fused-ring (bicyclic) bond motifs is 1. The van der Waals surface area contributed by atoms with E-state index in [1.807, 2.05) is 24.3 Å². The van der Waals surface area contributed by atoms with E-state index in [1.165, 1.54) is 6.08 Å². The van der Waals surface area contributed by atoms with Crippen LogP contribution in [-0.4, -0.2) is 18.5 Å². The third kappa shape index (κ3) is 2.20. The van der Waals surface area contributed by atoms with E-state index in [2.05, 4.69) is 11.9 Å². The Balaban J connectivity index is 2.27. The van der Waals surface area contributed by atoms with Crippen LogP contribution in [0.5, 0.6) is 0 Å². The molecule has 0 aromatic heterocycles.